The Labute approximate surface area is 108 Å². The van der Waals surface area contributed by atoms with Crippen molar-refractivity contribution in [3.8, 4) is 0 Å². The number of aliphatic carboxylic acids is 1. The predicted molar refractivity (Wildman–Crippen MR) is 63.6 cm³/mol. The lowest BCUT2D eigenvalue weighted by Gasteiger charge is -2.26. The maximum atomic E-state index is 10.5. The SMILES string of the molecule is COC1(Cn2cnnc2SCC(=O)O)CCOC1. The Morgan fingerprint density at radius 1 is 1.78 bits per heavy atom. The molecule has 0 bridgehead atoms. The standard InChI is InChI=1S/C10H15N3O4S/c1-16-10(2-3-17-6-10)5-13-7-11-12-9(13)18-4-8(14)15/h7H,2-6H2,1H3,(H,14,15). The second kappa shape index (κ2) is 5.68. The molecule has 1 aromatic rings. The van der Waals surface area contributed by atoms with Gasteiger partial charge in [-0.15, -0.1) is 10.2 Å². The first-order valence-electron chi connectivity index (χ1n) is 5.50. The first-order valence-corrected chi connectivity index (χ1v) is 6.49. The lowest BCUT2D eigenvalue weighted by molar-refractivity contribution is -0.133. The molecule has 100 valence electrons. The van der Waals surface area contributed by atoms with Gasteiger partial charge in [-0.1, -0.05) is 11.8 Å². The summed E-state index contributed by atoms with van der Waals surface area (Å²) in [5, 5.41) is 17.0. The highest BCUT2D eigenvalue weighted by Gasteiger charge is 2.36. The minimum atomic E-state index is -0.875. The molecule has 8 heteroatoms. The van der Waals surface area contributed by atoms with Crippen molar-refractivity contribution in [3.05, 3.63) is 6.33 Å². The van der Waals surface area contributed by atoms with Crippen LogP contribution in [0.25, 0.3) is 0 Å². The molecular formula is C10H15N3O4S. The molecule has 1 aliphatic rings. The Kier molecular flexibility index (Phi) is 4.20. The number of carboxylic acid groups (broad SMARTS) is 1. The molecule has 0 aliphatic carbocycles. The van der Waals surface area contributed by atoms with Gasteiger partial charge in [0.1, 0.15) is 11.9 Å². The van der Waals surface area contributed by atoms with Gasteiger partial charge in [-0.3, -0.25) is 4.79 Å². The van der Waals surface area contributed by atoms with Gasteiger partial charge in [0.25, 0.3) is 0 Å². The van der Waals surface area contributed by atoms with Crippen LogP contribution in [0.3, 0.4) is 0 Å². The van der Waals surface area contributed by atoms with Crippen LogP contribution in [-0.2, 0) is 20.8 Å². The Hall–Kier alpha value is -1.12. The molecule has 7 nitrogen and oxygen atoms in total. The van der Waals surface area contributed by atoms with Crippen LogP contribution in [0.4, 0.5) is 0 Å². The maximum absolute atomic E-state index is 10.5. The largest absolute Gasteiger partial charge is 0.481 e. The van der Waals surface area contributed by atoms with E-state index in [9.17, 15) is 4.79 Å². The summed E-state index contributed by atoms with van der Waals surface area (Å²) in [4.78, 5) is 10.5. The Morgan fingerprint density at radius 3 is 3.22 bits per heavy atom. The molecular weight excluding hydrogens is 258 g/mol. The minimum absolute atomic E-state index is 0.0326. The number of hydrogen-bond acceptors (Lipinski definition) is 6. The fourth-order valence-electron chi connectivity index (χ4n) is 1.84. The summed E-state index contributed by atoms with van der Waals surface area (Å²) in [7, 11) is 1.66. The van der Waals surface area contributed by atoms with E-state index in [1.165, 1.54) is 0 Å². The van der Waals surface area contributed by atoms with E-state index in [0.717, 1.165) is 18.2 Å². The summed E-state index contributed by atoms with van der Waals surface area (Å²) >= 11 is 1.15. The van der Waals surface area contributed by atoms with Crippen molar-refractivity contribution in [1.82, 2.24) is 14.8 Å². The Bertz CT molecular complexity index is 417. The average Bonchev–Trinajstić information content (AvgIpc) is 2.97. The van der Waals surface area contributed by atoms with E-state index in [1.807, 2.05) is 4.57 Å². The molecule has 1 fully saturated rings. The summed E-state index contributed by atoms with van der Waals surface area (Å²) in [6, 6.07) is 0. The Morgan fingerprint density at radius 2 is 2.61 bits per heavy atom. The summed E-state index contributed by atoms with van der Waals surface area (Å²) < 4.78 is 12.7. The zero-order valence-corrected chi connectivity index (χ0v) is 10.9. The van der Waals surface area contributed by atoms with Gasteiger partial charge in [-0.2, -0.15) is 0 Å². The first kappa shape index (κ1) is 13.3. The second-order valence-corrected chi connectivity index (χ2v) is 5.06. The number of rotatable bonds is 6. The van der Waals surface area contributed by atoms with Gasteiger partial charge < -0.3 is 19.1 Å². The normalized spacial score (nSPS) is 23.4. The molecule has 18 heavy (non-hydrogen) atoms. The predicted octanol–water partition coefficient (Wildman–Crippen LogP) is 0.260. The summed E-state index contributed by atoms with van der Waals surface area (Å²) in [5.41, 5.74) is -0.360. The van der Waals surface area contributed by atoms with Crippen molar-refractivity contribution in [1.29, 1.82) is 0 Å². The quantitative estimate of drug-likeness (QED) is 0.744. The molecule has 1 N–H and O–H groups in total. The van der Waals surface area contributed by atoms with Crippen molar-refractivity contribution < 1.29 is 19.4 Å². The van der Waals surface area contributed by atoms with E-state index in [-0.39, 0.29) is 11.4 Å². The number of thioether (sulfide) groups is 1. The molecule has 1 unspecified atom stereocenters. The molecule has 1 aromatic heterocycles. The van der Waals surface area contributed by atoms with Crippen molar-refractivity contribution in [2.75, 3.05) is 26.1 Å². The van der Waals surface area contributed by atoms with Crippen LogP contribution in [0.15, 0.2) is 11.5 Å². The summed E-state index contributed by atoms with van der Waals surface area (Å²) in [6.07, 6.45) is 2.40. The fraction of sp³-hybridized carbons (Fsp3) is 0.700. The van der Waals surface area contributed by atoms with Crippen LogP contribution in [0.2, 0.25) is 0 Å². The highest BCUT2D eigenvalue weighted by Crippen LogP contribution is 2.26. The van der Waals surface area contributed by atoms with Gasteiger partial charge in [0.2, 0.25) is 0 Å². The van der Waals surface area contributed by atoms with E-state index in [1.54, 1.807) is 13.4 Å². The minimum Gasteiger partial charge on any atom is -0.481 e. The number of aromatic nitrogens is 3. The van der Waals surface area contributed by atoms with Crippen LogP contribution < -0.4 is 0 Å². The van der Waals surface area contributed by atoms with Gasteiger partial charge in [0, 0.05) is 20.1 Å². The summed E-state index contributed by atoms with van der Waals surface area (Å²) in [6.45, 7) is 1.77. The second-order valence-electron chi connectivity index (χ2n) is 4.11. The maximum Gasteiger partial charge on any atom is 0.313 e. The zero-order chi connectivity index (χ0) is 13.0. The molecule has 2 heterocycles. The third kappa shape index (κ3) is 3.01. The molecule has 0 radical (unpaired) electrons. The fourth-order valence-corrected chi connectivity index (χ4v) is 2.48. The molecule has 1 aliphatic heterocycles. The monoisotopic (exact) mass is 273 g/mol. The van der Waals surface area contributed by atoms with Crippen LogP contribution in [0.1, 0.15) is 6.42 Å². The third-order valence-corrected chi connectivity index (χ3v) is 3.83. The molecule has 0 amide bonds. The number of ether oxygens (including phenoxy) is 2. The van der Waals surface area contributed by atoms with Gasteiger partial charge in [0.05, 0.1) is 18.9 Å². The van der Waals surface area contributed by atoms with Gasteiger partial charge >= 0.3 is 5.97 Å². The number of carboxylic acids is 1. The summed E-state index contributed by atoms with van der Waals surface area (Å²) in [5.74, 6) is -0.907. The van der Waals surface area contributed by atoms with Gasteiger partial charge in [-0.05, 0) is 0 Å². The van der Waals surface area contributed by atoms with Crippen molar-refractivity contribution in [3.63, 3.8) is 0 Å². The molecule has 0 aromatic carbocycles. The van der Waals surface area contributed by atoms with Crippen LogP contribution >= 0.6 is 11.8 Å². The molecule has 0 saturated carbocycles. The number of hydrogen-bond donors (Lipinski definition) is 1. The molecule has 1 atom stereocenters. The lowest BCUT2D eigenvalue weighted by atomic mass is 10.0. The van der Waals surface area contributed by atoms with Crippen molar-refractivity contribution in [2.45, 2.75) is 23.7 Å². The first-order chi connectivity index (χ1) is 8.65. The van der Waals surface area contributed by atoms with E-state index >= 15 is 0 Å². The smallest absolute Gasteiger partial charge is 0.313 e. The van der Waals surface area contributed by atoms with E-state index < -0.39 is 5.97 Å². The lowest BCUT2D eigenvalue weighted by Crippen LogP contribution is -2.37. The molecule has 2 rings (SSSR count). The van der Waals surface area contributed by atoms with E-state index in [4.69, 9.17) is 14.6 Å². The van der Waals surface area contributed by atoms with Crippen LogP contribution in [-0.4, -0.2) is 57.5 Å². The average molecular weight is 273 g/mol. The number of carbonyl (C=O) groups is 1. The van der Waals surface area contributed by atoms with Crippen LogP contribution in [0, 0.1) is 0 Å². The highest BCUT2D eigenvalue weighted by molar-refractivity contribution is 7.99. The van der Waals surface area contributed by atoms with E-state index in [2.05, 4.69) is 10.2 Å². The van der Waals surface area contributed by atoms with Gasteiger partial charge in [-0.25, -0.2) is 0 Å². The topological polar surface area (TPSA) is 86.5 Å². The van der Waals surface area contributed by atoms with E-state index in [0.29, 0.717) is 24.9 Å². The highest BCUT2D eigenvalue weighted by atomic mass is 32.2. The van der Waals surface area contributed by atoms with Crippen molar-refractivity contribution in [2.24, 2.45) is 0 Å². The van der Waals surface area contributed by atoms with Crippen LogP contribution in [0.5, 0.6) is 0 Å². The van der Waals surface area contributed by atoms with Gasteiger partial charge in [0.15, 0.2) is 5.16 Å². The number of nitrogens with zero attached hydrogens (tertiary/aromatic N) is 3. The van der Waals surface area contributed by atoms with Crippen molar-refractivity contribution >= 4 is 17.7 Å². The number of methoxy groups -OCH3 is 1. The molecule has 0 spiro atoms. The Balaban J connectivity index is 2.04. The molecule has 1 saturated heterocycles. The zero-order valence-electron chi connectivity index (χ0n) is 10.0. The third-order valence-electron chi connectivity index (χ3n) is 2.86.